The molecule has 0 saturated carbocycles. The number of carbonyl (C=O) groups is 1. The summed E-state index contributed by atoms with van der Waals surface area (Å²) in [5.41, 5.74) is 0.562. The van der Waals surface area contributed by atoms with Crippen molar-refractivity contribution in [2.24, 2.45) is 0 Å². The fourth-order valence-corrected chi connectivity index (χ4v) is 2.95. The Balaban J connectivity index is 1.87. The lowest BCUT2D eigenvalue weighted by molar-refractivity contribution is -0.128. The molecule has 1 aliphatic rings. The maximum atomic E-state index is 12.2. The molecule has 0 aromatic carbocycles. The molecule has 0 radical (unpaired) electrons. The molecular weight excluding hydrogens is 246 g/mol. The number of nitrogens with one attached hydrogen (secondary N) is 2. The van der Waals surface area contributed by atoms with Crippen LogP contribution < -0.4 is 10.6 Å². The Labute approximate surface area is 112 Å². The summed E-state index contributed by atoms with van der Waals surface area (Å²) in [6.45, 7) is 5.54. The number of piperidine rings is 1. The maximum Gasteiger partial charge on any atom is 0.240 e. The molecule has 100 valence electrons. The molecule has 1 atom stereocenters. The van der Waals surface area contributed by atoms with Gasteiger partial charge in [0.1, 0.15) is 0 Å². The third-order valence-electron chi connectivity index (χ3n) is 3.45. The van der Waals surface area contributed by atoms with Crippen molar-refractivity contribution in [3.8, 4) is 0 Å². The lowest BCUT2D eigenvalue weighted by Crippen LogP contribution is -2.56. The highest BCUT2D eigenvalue weighted by molar-refractivity contribution is 7.09. The predicted octanol–water partition coefficient (Wildman–Crippen LogP) is 1.85. The summed E-state index contributed by atoms with van der Waals surface area (Å²) < 4.78 is 0. The topological polar surface area (TPSA) is 54.0 Å². The average molecular weight is 267 g/mol. The number of nitrogens with zero attached hydrogens (tertiary/aromatic N) is 1. The van der Waals surface area contributed by atoms with Crippen molar-refractivity contribution in [1.29, 1.82) is 0 Å². The Morgan fingerprint density at radius 3 is 3.06 bits per heavy atom. The van der Waals surface area contributed by atoms with Gasteiger partial charge in [0.05, 0.1) is 22.8 Å². The van der Waals surface area contributed by atoms with Crippen LogP contribution in [-0.2, 0) is 17.8 Å². The van der Waals surface area contributed by atoms with Gasteiger partial charge in [0.25, 0.3) is 0 Å². The van der Waals surface area contributed by atoms with E-state index in [4.69, 9.17) is 0 Å². The van der Waals surface area contributed by atoms with Crippen molar-refractivity contribution in [3.63, 3.8) is 0 Å². The fourth-order valence-electron chi connectivity index (χ4n) is 2.21. The summed E-state index contributed by atoms with van der Waals surface area (Å²) in [6, 6.07) is 0. The summed E-state index contributed by atoms with van der Waals surface area (Å²) >= 11 is 1.66. The quantitative estimate of drug-likeness (QED) is 0.875. The number of hydrogen-bond acceptors (Lipinski definition) is 4. The van der Waals surface area contributed by atoms with Crippen LogP contribution in [0.3, 0.4) is 0 Å². The van der Waals surface area contributed by atoms with Crippen LogP contribution >= 0.6 is 11.3 Å². The molecule has 1 amide bonds. The highest BCUT2D eigenvalue weighted by Gasteiger charge is 2.33. The minimum Gasteiger partial charge on any atom is -0.349 e. The minimum atomic E-state index is -0.401. The van der Waals surface area contributed by atoms with Gasteiger partial charge in [-0.2, -0.15) is 0 Å². The van der Waals surface area contributed by atoms with Gasteiger partial charge in [-0.3, -0.25) is 4.79 Å². The first-order valence-corrected chi connectivity index (χ1v) is 7.48. The van der Waals surface area contributed by atoms with Crippen LogP contribution in [0.2, 0.25) is 0 Å². The van der Waals surface area contributed by atoms with E-state index < -0.39 is 5.54 Å². The van der Waals surface area contributed by atoms with Crippen molar-refractivity contribution in [3.05, 3.63) is 16.1 Å². The Kier molecular flexibility index (Phi) is 4.35. The second-order valence-electron chi connectivity index (χ2n) is 4.98. The molecule has 2 N–H and O–H groups in total. The van der Waals surface area contributed by atoms with E-state index in [1.807, 2.05) is 12.3 Å². The van der Waals surface area contributed by atoms with E-state index in [1.54, 1.807) is 11.3 Å². The van der Waals surface area contributed by atoms with Gasteiger partial charge in [-0.15, -0.1) is 11.3 Å². The molecule has 1 saturated heterocycles. The van der Waals surface area contributed by atoms with Crippen LogP contribution in [0, 0.1) is 0 Å². The molecule has 1 aromatic heterocycles. The standard InChI is InChI=1S/C13H21N3OS/c1-3-11-16-10(9-18-11)8-14-12(17)13(2)6-4-5-7-15-13/h9,15H,3-8H2,1-2H3,(H,14,17). The zero-order chi connectivity index (χ0) is 13.0. The molecule has 2 heterocycles. The maximum absolute atomic E-state index is 12.2. The summed E-state index contributed by atoms with van der Waals surface area (Å²) in [7, 11) is 0. The molecular formula is C13H21N3OS. The Morgan fingerprint density at radius 1 is 1.61 bits per heavy atom. The first-order valence-electron chi connectivity index (χ1n) is 6.60. The SMILES string of the molecule is CCc1nc(CNC(=O)C2(C)CCCCN2)cs1. The van der Waals surface area contributed by atoms with E-state index in [0.717, 1.165) is 42.9 Å². The highest BCUT2D eigenvalue weighted by Crippen LogP contribution is 2.19. The number of aromatic nitrogens is 1. The molecule has 1 aliphatic heterocycles. The lowest BCUT2D eigenvalue weighted by atomic mass is 9.90. The summed E-state index contributed by atoms with van der Waals surface area (Å²) in [6.07, 6.45) is 4.15. The molecule has 1 fully saturated rings. The summed E-state index contributed by atoms with van der Waals surface area (Å²) in [5, 5.41) is 9.46. The monoisotopic (exact) mass is 267 g/mol. The summed E-state index contributed by atoms with van der Waals surface area (Å²) in [5.74, 6) is 0.0910. The molecule has 0 aliphatic carbocycles. The van der Waals surface area contributed by atoms with Crippen molar-refractivity contribution >= 4 is 17.2 Å². The van der Waals surface area contributed by atoms with Crippen molar-refractivity contribution in [2.75, 3.05) is 6.54 Å². The first kappa shape index (κ1) is 13.5. The van der Waals surface area contributed by atoms with Crippen LogP contribution in [0.5, 0.6) is 0 Å². The molecule has 1 aromatic rings. The zero-order valence-electron chi connectivity index (χ0n) is 11.1. The summed E-state index contributed by atoms with van der Waals surface area (Å²) in [4.78, 5) is 16.6. The molecule has 0 bridgehead atoms. The molecule has 0 spiro atoms. The number of rotatable bonds is 4. The van der Waals surface area contributed by atoms with Gasteiger partial charge >= 0.3 is 0 Å². The normalized spacial score (nSPS) is 23.9. The Bertz CT molecular complexity index is 410. The largest absolute Gasteiger partial charge is 0.349 e. The Morgan fingerprint density at radius 2 is 2.44 bits per heavy atom. The molecule has 4 nitrogen and oxygen atoms in total. The third-order valence-corrected chi connectivity index (χ3v) is 4.49. The minimum absolute atomic E-state index is 0.0910. The van der Waals surface area contributed by atoms with Crippen LogP contribution in [-0.4, -0.2) is 23.0 Å². The van der Waals surface area contributed by atoms with Crippen molar-refractivity contribution in [2.45, 2.75) is 51.6 Å². The van der Waals surface area contributed by atoms with E-state index in [1.165, 1.54) is 0 Å². The fraction of sp³-hybridized carbons (Fsp3) is 0.692. The van der Waals surface area contributed by atoms with E-state index in [0.29, 0.717) is 6.54 Å². The number of thiazole rings is 1. The van der Waals surface area contributed by atoms with Gasteiger partial charge < -0.3 is 10.6 Å². The molecule has 5 heteroatoms. The van der Waals surface area contributed by atoms with Crippen LogP contribution in [0.25, 0.3) is 0 Å². The average Bonchev–Trinajstić information content (AvgIpc) is 2.84. The first-order chi connectivity index (χ1) is 8.64. The highest BCUT2D eigenvalue weighted by atomic mass is 32.1. The van der Waals surface area contributed by atoms with Gasteiger partial charge in [-0.1, -0.05) is 6.92 Å². The van der Waals surface area contributed by atoms with Crippen LogP contribution in [0.15, 0.2) is 5.38 Å². The second kappa shape index (κ2) is 5.80. The van der Waals surface area contributed by atoms with Gasteiger partial charge in [-0.05, 0) is 39.2 Å². The van der Waals surface area contributed by atoms with E-state index >= 15 is 0 Å². The van der Waals surface area contributed by atoms with Crippen LogP contribution in [0.1, 0.15) is 43.8 Å². The molecule has 2 rings (SSSR count). The van der Waals surface area contributed by atoms with Gasteiger partial charge in [-0.25, -0.2) is 4.98 Å². The number of aryl methyl sites for hydroxylation is 1. The van der Waals surface area contributed by atoms with Crippen molar-refractivity contribution < 1.29 is 4.79 Å². The van der Waals surface area contributed by atoms with E-state index in [2.05, 4.69) is 22.5 Å². The number of carbonyl (C=O) groups excluding carboxylic acids is 1. The van der Waals surface area contributed by atoms with Gasteiger partial charge in [0.15, 0.2) is 0 Å². The second-order valence-corrected chi connectivity index (χ2v) is 5.93. The Hall–Kier alpha value is -0.940. The van der Waals surface area contributed by atoms with Crippen LogP contribution in [0.4, 0.5) is 0 Å². The number of hydrogen-bond donors (Lipinski definition) is 2. The van der Waals surface area contributed by atoms with Gasteiger partial charge in [0.2, 0.25) is 5.91 Å². The third kappa shape index (κ3) is 3.09. The predicted molar refractivity (Wildman–Crippen MR) is 73.6 cm³/mol. The van der Waals surface area contributed by atoms with Crippen molar-refractivity contribution in [1.82, 2.24) is 15.6 Å². The van der Waals surface area contributed by atoms with Gasteiger partial charge in [0, 0.05) is 5.38 Å². The molecule has 18 heavy (non-hydrogen) atoms. The number of amides is 1. The zero-order valence-corrected chi connectivity index (χ0v) is 11.9. The van der Waals surface area contributed by atoms with E-state index in [-0.39, 0.29) is 5.91 Å². The lowest BCUT2D eigenvalue weighted by Gasteiger charge is -2.33. The molecule has 1 unspecified atom stereocenters. The van der Waals surface area contributed by atoms with E-state index in [9.17, 15) is 4.79 Å². The smallest absolute Gasteiger partial charge is 0.240 e.